The number of para-hydroxylation sites is 1. The van der Waals surface area contributed by atoms with Crippen LogP contribution >= 0.6 is 0 Å². The Morgan fingerprint density at radius 3 is 1.91 bits per heavy atom. The van der Waals surface area contributed by atoms with Crippen molar-refractivity contribution in [2.24, 2.45) is 0 Å². The van der Waals surface area contributed by atoms with E-state index in [2.05, 4.69) is 12.2 Å². The molecule has 0 bridgehead atoms. The predicted octanol–water partition coefficient (Wildman–Crippen LogP) is 7.07. The van der Waals surface area contributed by atoms with Gasteiger partial charge in [-0.2, -0.15) is 5.06 Å². The van der Waals surface area contributed by atoms with Crippen LogP contribution in [0.15, 0.2) is 54.6 Å². The number of hydroxylamine groups is 1. The summed E-state index contributed by atoms with van der Waals surface area (Å²) in [6.45, 7) is 4.33. The minimum atomic E-state index is -0.747. The minimum Gasteiger partial charge on any atom is -0.318 e. The molecule has 0 saturated heterocycles. The van der Waals surface area contributed by atoms with Crippen molar-refractivity contribution in [3.63, 3.8) is 0 Å². The lowest BCUT2D eigenvalue weighted by atomic mass is 10.0. The Morgan fingerprint density at radius 1 is 0.758 bits per heavy atom. The van der Waals surface area contributed by atoms with E-state index in [1.165, 1.54) is 69.8 Å². The van der Waals surface area contributed by atoms with Crippen LogP contribution in [0, 0.1) is 0 Å². The number of anilines is 2. The molecule has 0 unspecified atom stereocenters. The van der Waals surface area contributed by atoms with E-state index in [1.807, 2.05) is 30.3 Å². The molecule has 0 aliphatic heterocycles. The minimum absolute atomic E-state index is 0.282. The van der Waals surface area contributed by atoms with Crippen LogP contribution < -0.4 is 10.4 Å². The predicted molar refractivity (Wildman–Crippen MR) is 136 cm³/mol. The molecule has 5 heteroatoms. The smallest absolute Gasteiger partial charge is 0.318 e. The Hall–Kier alpha value is -2.66. The molecule has 0 saturated carbocycles. The maximum absolute atomic E-state index is 12.7. The molecule has 0 radical (unpaired) electrons. The summed E-state index contributed by atoms with van der Waals surface area (Å²) in [6, 6.07) is 16.6. The van der Waals surface area contributed by atoms with Crippen molar-refractivity contribution in [2.75, 3.05) is 17.0 Å². The second-order valence-corrected chi connectivity index (χ2v) is 8.44. The van der Waals surface area contributed by atoms with Gasteiger partial charge >= 0.3 is 11.8 Å². The molecule has 0 spiro atoms. The summed E-state index contributed by atoms with van der Waals surface area (Å²) in [5.74, 6) is -1.48. The number of nitrogens with one attached hydrogen (secondary N) is 1. The molecular formula is C28H40N2O3. The maximum atomic E-state index is 12.7. The molecule has 0 aliphatic rings. The zero-order valence-corrected chi connectivity index (χ0v) is 20.4. The molecule has 2 rings (SSSR count). The van der Waals surface area contributed by atoms with Crippen LogP contribution in [0.1, 0.15) is 83.6 Å². The van der Waals surface area contributed by atoms with Gasteiger partial charge in [0.05, 0.1) is 12.3 Å². The van der Waals surface area contributed by atoms with E-state index in [4.69, 9.17) is 4.84 Å². The summed E-state index contributed by atoms with van der Waals surface area (Å²) in [5, 5.41) is 3.68. The molecule has 1 N–H and O–H groups in total. The molecule has 0 aliphatic carbocycles. The topological polar surface area (TPSA) is 58.6 Å². The first-order valence-corrected chi connectivity index (χ1v) is 12.6. The van der Waals surface area contributed by atoms with Crippen LogP contribution in [-0.2, 0) is 20.8 Å². The Labute approximate surface area is 199 Å². The zero-order valence-electron chi connectivity index (χ0n) is 20.4. The molecular weight excluding hydrogens is 412 g/mol. The number of hydrogen-bond acceptors (Lipinski definition) is 3. The number of benzene rings is 2. The summed E-state index contributed by atoms with van der Waals surface area (Å²) in [6.07, 6.45) is 14.3. The van der Waals surface area contributed by atoms with Crippen molar-refractivity contribution in [3.05, 3.63) is 60.2 Å². The number of aryl methyl sites for hydroxylation is 1. The van der Waals surface area contributed by atoms with E-state index >= 15 is 0 Å². The number of unbranched alkanes of at least 4 members (excludes halogenated alkanes) is 9. The van der Waals surface area contributed by atoms with Gasteiger partial charge in [-0.15, -0.1) is 0 Å². The SMILES string of the molecule is CCCCCCCCCCCCc1ccc(N(OCC)C(=O)C(=O)Nc2ccccc2)cc1. The van der Waals surface area contributed by atoms with Crippen molar-refractivity contribution in [3.8, 4) is 0 Å². The normalized spacial score (nSPS) is 10.7. The second kappa shape index (κ2) is 16.0. The number of carbonyl (C=O) groups excluding carboxylic acids is 2. The quantitative estimate of drug-likeness (QED) is 0.178. The molecule has 2 aromatic carbocycles. The van der Waals surface area contributed by atoms with E-state index in [9.17, 15) is 9.59 Å². The number of carbonyl (C=O) groups is 2. The molecule has 0 heterocycles. The van der Waals surface area contributed by atoms with Gasteiger partial charge in [-0.1, -0.05) is 95.0 Å². The first kappa shape index (κ1) is 26.6. The van der Waals surface area contributed by atoms with Gasteiger partial charge in [0.2, 0.25) is 0 Å². The van der Waals surface area contributed by atoms with E-state index in [-0.39, 0.29) is 6.61 Å². The molecule has 180 valence electrons. The van der Waals surface area contributed by atoms with Crippen molar-refractivity contribution in [1.29, 1.82) is 0 Å². The number of hydrogen-bond donors (Lipinski definition) is 1. The van der Waals surface area contributed by atoms with Crippen molar-refractivity contribution < 1.29 is 14.4 Å². The van der Waals surface area contributed by atoms with Crippen LogP contribution in [0.5, 0.6) is 0 Å². The molecule has 33 heavy (non-hydrogen) atoms. The Morgan fingerprint density at radius 2 is 1.33 bits per heavy atom. The molecule has 0 atom stereocenters. The van der Waals surface area contributed by atoms with Crippen molar-refractivity contribution >= 4 is 23.2 Å². The van der Waals surface area contributed by atoms with Crippen LogP contribution in [0.3, 0.4) is 0 Å². The average Bonchev–Trinajstić information content (AvgIpc) is 2.84. The monoisotopic (exact) mass is 452 g/mol. The third-order valence-corrected chi connectivity index (χ3v) is 5.66. The first-order chi connectivity index (χ1) is 16.2. The highest BCUT2D eigenvalue weighted by atomic mass is 16.7. The van der Waals surface area contributed by atoms with Gasteiger partial charge in [-0.25, -0.2) is 0 Å². The van der Waals surface area contributed by atoms with Gasteiger partial charge in [-0.05, 0) is 49.6 Å². The zero-order chi connectivity index (χ0) is 23.7. The summed E-state index contributed by atoms with van der Waals surface area (Å²) in [7, 11) is 0. The lowest BCUT2D eigenvalue weighted by molar-refractivity contribution is -0.139. The summed E-state index contributed by atoms with van der Waals surface area (Å²) in [5.41, 5.74) is 2.35. The Bertz CT molecular complexity index is 806. The van der Waals surface area contributed by atoms with Crippen molar-refractivity contribution in [2.45, 2.75) is 84.5 Å². The fourth-order valence-corrected chi connectivity index (χ4v) is 3.79. The third kappa shape index (κ3) is 10.2. The Balaban J connectivity index is 1.76. The molecule has 2 aromatic rings. The van der Waals surface area contributed by atoms with E-state index in [0.29, 0.717) is 11.4 Å². The van der Waals surface area contributed by atoms with E-state index in [1.54, 1.807) is 31.2 Å². The molecule has 2 amide bonds. The summed E-state index contributed by atoms with van der Waals surface area (Å²) >= 11 is 0. The standard InChI is InChI=1S/C28H40N2O3/c1-3-5-6-7-8-9-10-11-12-14-17-24-20-22-26(23-21-24)30(33-4-2)28(32)27(31)29-25-18-15-13-16-19-25/h13,15-16,18-23H,3-12,14,17H2,1-2H3,(H,29,31). The van der Waals surface area contributed by atoms with Crippen LogP contribution in [-0.4, -0.2) is 18.4 Å². The highest BCUT2D eigenvalue weighted by Gasteiger charge is 2.24. The van der Waals surface area contributed by atoms with Gasteiger partial charge in [0.15, 0.2) is 0 Å². The van der Waals surface area contributed by atoms with Gasteiger partial charge in [0.25, 0.3) is 0 Å². The number of amides is 2. The van der Waals surface area contributed by atoms with Gasteiger partial charge < -0.3 is 5.32 Å². The van der Waals surface area contributed by atoms with Crippen LogP contribution in [0.2, 0.25) is 0 Å². The first-order valence-electron chi connectivity index (χ1n) is 12.6. The van der Waals surface area contributed by atoms with E-state index < -0.39 is 11.8 Å². The molecule has 0 aromatic heterocycles. The average molecular weight is 453 g/mol. The van der Waals surface area contributed by atoms with Gasteiger partial charge in [0.1, 0.15) is 0 Å². The fourth-order valence-electron chi connectivity index (χ4n) is 3.79. The second-order valence-electron chi connectivity index (χ2n) is 8.44. The maximum Gasteiger partial charge on any atom is 0.340 e. The summed E-state index contributed by atoms with van der Waals surface area (Å²) < 4.78 is 0. The lowest BCUT2D eigenvalue weighted by Gasteiger charge is -2.21. The van der Waals surface area contributed by atoms with Crippen molar-refractivity contribution in [1.82, 2.24) is 0 Å². The molecule has 0 fully saturated rings. The van der Waals surface area contributed by atoms with Gasteiger partial charge in [0, 0.05) is 5.69 Å². The largest absolute Gasteiger partial charge is 0.340 e. The molecule has 5 nitrogen and oxygen atoms in total. The van der Waals surface area contributed by atoms with Crippen LogP contribution in [0.4, 0.5) is 11.4 Å². The highest BCUT2D eigenvalue weighted by molar-refractivity contribution is 6.43. The van der Waals surface area contributed by atoms with Crippen LogP contribution in [0.25, 0.3) is 0 Å². The number of rotatable bonds is 15. The number of nitrogens with zero attached hydrogens (tertiary/aromatic N) is 1. The summed E-state index contributed by atoms with van der Waals surface area (Å²) in [4.78, 5) is 30.6. The van der Waals surface area contributed by atoms with Gasteiger partial charge in [-0.3, -0.25) is 14.4 Å². The highest BCUT2D eigenvalue weighted by Crippen LogP contribution is 2.19. The fraction of sp³-hybridized carbons (Fsp3) is 0.500. The lowest BCUT2D eigenvalue weighted by Crippen LogP contribution is -2.40. The third-order valence-electron chi connectivity index (χ3n) is 5.66. The van der Waals surface area contributed by atoms with E-state index in [0.717, 1.165) is 11.5 Å². The Kier molecular flexibility index (Phi) is 12.9.